The van der Waals surface area contributed by atoms with E-state index in [0.717, 1.165) is 31.2 Å². The summed E-state index contributed by atoms with van der Waals surface area (Å²) in [4.78, 5) is 49.2. The first kappa shape index (κ1) is 38.7. The molecule has 1 aromatic carbocycles. The van der Waals surface area contributed by atoms with Gasteiger partial charge in [0, 0.05) is 6.54 Å². The highest BCUT2D eigenvalue weighted by Crippen LogP contribution is 2.16. The standard InChI is InChI=1S/C34H56N2O8/c1-5-6-7-8-9-10-11-12-13-14-18-22-28(25-30(37)38)43-31(39)29(23-19-24-35-32(40)44-34(2,3)4)36-33(41)42-26-27-20-16-15-17-21-27/h15-17,20-21,28-29H,5-14,18-19,22-26H2,1-4H3,(H,35,40)(H,36,41)(H,37,38)/t28-,29+/m1/s1. The van der Waals surface area contributed by atoms with Crippen LogP contribution in [0.1, 0.15) is 130 Å². The molecule has 1 rings (SSSR count). The molecule has 0 aromatic heterocycles. The molecular weight excluding hydrogens is 564 g/mol. The van der Waals surface area contributed by atoms with Crippen molar-refractivity contribution in [2.75, 3.05) is 6.54 Å². The van der Waals surface area contributed by atoms with E-state index in [1.54, 1.807) is 20.8 Å². The lowest BCUT2D eigenvalue weighted by Crippen LogP contribution is -2.44. The summed E-state index contributed by atoms with van der Waals surface area (Å²) in [6.45, 7) is 7.72. The number of carboxylic acid groups (broad SMARTS) is 1. The third-order valence-corrected chi connectivity index (χ3v) is 6.94. The Hall–Kier alpha value is -3.30. The number of aliphatic carboxylic acids is 1. The normalized spacial score (nSPS) is 12.5. The third-order valence-electron chi connectivity index (χ3n) is 6.94. The van der Waals surface area contributed by atoms with E-state index in [1.807, 2.05) is 30.3 Å². The molecule has 0 bridgehead atoms. The van der Waals surface area contributed by atoms with E-state index >= 15 is 0 Å². The molecule has 2 amide bonds. The lowest BCUT2D eigenvalue weighted by Gasteiger charge is -2.22. The van der Waals surface area contributed by atoms with Crippen LogP contribution in [0.3, 0.4) is 0 Å². The fraction of sp³-hybridized carbons (Fsp3) is 0.706. The van der Waals surface area contributed by atoms with Gasteiger partial charge in [-0.2, -0.15) is 0 Å². The predicted octanol–water partition coefficient (Wildman–Crippen LogP) is 7.67. The number of carbonyl (C=O) groups is 4. The van der Waals surface area contributed by atoms with Crippen molar-refractivity contribution in [3.05, 3.63) is 35.9 Å². The monoisotopic (exact) mass is 620 g/mol. The molecule has 10 heteroatoms. The van der Waals surface area contributed by atoms with E-state index in [9.17, 15) is 24.3 Å². The van der Waals surface area contributed by atoms with Gasteiger partial charge in [-0.15, -0.1) is 0 Å². The van der Waals surface area contributed by atoms with Gasteiger partial charge in [0.15, 0.2) is 0 Å². The summed E-state index contributed by atoms with van der Waals surface area (Å²) in [7, 11) is 0. The molecule has 0 spiro atoms. The largest absolute Gasteiger partial charge is 0.481 e. The zero-order valence-electron chi connectivity index (χ0n) is 27.4. The SMILES string of the molecule is CCCCCCCCCCCCC[C@H](CC(=O)O)OC(=O)[C@H](CCCNC(=O)OC(C)(C)C)NC(=O)OCc1ccccc1. The number of benzene rings is 1. The molecule has 0 unspecified atom stereocenters. The second-order valence-corrected chi connectivity index (χ2v) is 12.3. The summed E-state index contributed by atoms with van der Waals surface area (Å²) in [5.74, 6) is -1.78. The summed E-state index contributed by atoms with van der Waals surface area (Å²) >= 11 is 0. The molecule has 3 N–H and O–H groups in total. The second kappa shape index (κ2) is 23.1. The van der Waals surface area contributed by atoms with Crippen molar-refractivity contribution in [1.29, 1.82) is 0 Å². The number of esters is 1. The van der Waals surface area contributed by atoms with E-state index in [-0.39, 0.29) is 26.0 Å². The van der Waals surface area contributed by atoms with Crippen LogP contribution in [0.15, 0.2) is 30.3 Å². The molecule has 0 saturated carbocycles. The molecule has 44 heavy (non-hydrogen) atoms. The van der Waals surface area contributed by atoms with Crippen LogP contribution in [0.5, 0.6) is 0 Å². The summed E-state index contributed by atoms with van der Waals surface area (Å²) in [5, 5.41) is 14.6. The highest BCUT2D eigenvalue weighted by molar-refractivity contribution is 5.81. The van der Waals surface area contributed by atoms with Gasteiger partial charge >= 0.3 is 24.1 Å². The van der Waals surface area contributed by atoms with Gasteiger partial charge in [-0.05, 0) is 52.0 Å². The molecule has 0 aliphatic carbocycles. The van der Waals surface area contributed by atoms with E-state index in [4.69, 9.17) is 14.2 Å². The lowest BCUT2D eigenvalue weighted by atomic mass is 10.0. The topological polar surface area (TPSA) is 140 Å². The predicted molar refractivity (Wildman–Crippen MR) is 170 cm³/mol. The molecule has 10 nitrogen and oxygen atoms in total. The molecule has 0 aliphatic heterocycles. The Balaban J connectivity index is 2.61. The zero-order valence-corrected chi connectivity index (χ0v) is 27.4. The Kier molecular flexibility index (Phi) is 20.4. The van der Waals surface area contributed by atoms with Crippen LogP contribution in [-0.4, -0.2) is 53.5 Å². The number of ether oxygens (including phenoxy) is 3. The minimum absolute atomic E-state index is 0.0230. The van der Waals surface area contributed by atoms with E-state index in [0.29, 0.717) is 12.8 Å². The van der Waals surface area contributed by atoms with Crippen molar-refractivity contribution < 1.29 is 38.5 Å². The molecule has 250 valence electrons. The molecule has 2 atom stereocenters. The average Bonchev–Trinajstić information content (AvgIpc) is 2.95. The fourth-order valence-electron chi connectivity index (χ4n) is 4.65. The molecule has 0 radical (unpaired) electrons. The van der Waals surface area contributed by atoms with E-state index in [1.165, 1.54) is 44.9 Å². The summed E-state index contributed by atoms with van der Waals surface area (Å²) < 4.78 is 16.1. The molecule has 0 fully saturated rings. The maximum Gasteiger partial charge on any atom is 0.408 e. The van der Waals surface area contributed by atoms with Crippen LogP contribution in [-0.2, 0) is 30.4 Å². The number of carboxylic acids is 1. The summed E-state index contributed by atoms with van der Waals surface area (Å²) in [6, 6.07) is 8.05. The summed E-state index contributed by atoms with van der Waals surface area (Å²) in [5.41, 5.74) is 0.143. The zero-order chi connectivity index (χ0) is 32.6. The van der Waals surface area contributed by atoms with Crippen LogP contribution in [0.2, 0.25) is 0 Å². The van der Waals surface area contributed by atoms with Crippen LogP contribution in [0, 0.1) is 0 Å². The number of unbranched alkanes of at least 4 members (excludes halogenated alkanes) is 10. The molecule has 0 heterocycles. The smallest absolute Gasteiger partial charge is 0.408 e. The Morgan fingerprint density at radius 2 is 1.39 bits per heavy atom. The first-order valence-electron chi connectivity index (χ1n) is 16.4. The van der Waals surface area contributed by atoms with Gasteiger partial charge in [-0.25, -0.2) is 14.4 Å². The van der Waals surface area contributed by atoms with Gasteiger partial charge in [-0.3, -0.25) is 4.79 Å². The van der Waals surface area contributed by atoms with Gasteiger partial charge in [0.2, 0.25) is 0 Å². The third kappa shape index (κ3) is 21.4. The lowest BCUT2D eigenvalue weighted by molar-refractivity contribution is -0.155. The Bertz CT molecular complexity index is 948. The van der Waals surface area contributed by atoms with Crippen LogP contribution in [0.25, 0.3) is 0 Å². The number of hydrogen-bond donors (Lipinski definition) is 3. The number of hydrogen-bond acceptors (Lipinski definition) is 7. The van der Waals surface area contributed by atoms with Gasteiger partial charge in [0.1, 0.15) is 24.4 Å². The highest BCUT2D eigenvalue weighted by atomic mass is 16.6. The highest BCUT2D eigenvalue weighted by Gasteiger charge is 2.27. The molecular formula is C34H56N2O8. The number of alkyl carbamates (subject to hydrolysis) is 2. The first-order chi connectivity index (χ1) is 21.0. The number of carbonyl (C=O) groups excluding carboxylic acids is 3. The van der Waals surface area contributed by atoms with Gasteiger partial charge < -0.3 is 30.0 Å². The van der Waals surface area contributed by atoms with Crippen molar-refractivity contribution in [2.45, 2.75) is 148 Å². The fourth-order valence-corrected chi connectivity index (χ4v) is 4.65. The quantitative estimate of drug-likeness (QED) is 0.0643. The van der Waals surface area contributed by atoms with E-state index < -0.39 is 41.9 Å². The average molecular weight is 621 g/mol. The number of nitrogens with one attached hydrogen (secondary N) is 2. The second-order valence-electron chi connectivity index (χ2n) is 12.3. The van der Waals surface area contributed by atoms with Crippen molar-refractivity contribution in [1.82, 2.24) is 10.6 Å². The van der Waals surface area contributed by atoms with Gasteiger partial charge in [-0.1, -0.05) is 101 Å². The maximum atomic E-state index is 13.2. The van der Waals surface area contributed by atoms with Crippen molar-refractivity contribution in [2.24, 2.45) is 0 Å². The number of amides is 2. The molecule has 0 saturated heterocycles. The Morgan fingerprint density at radius 1 is 0.795 bits per heavy atom. The maximum absolute atomic E-state index is 13.2. The van der Waals surface area contributed by atoms with Crippen LogP contribution < -0.4 is 10.6 Å². The minimum Gasteiger partial charge on any atom is -0.481 e. The first-order valence-corrected chi connectivity index (χ1v) is 16.4. The molecule has 1 aromatic rings. The Morgan fingerprint density at radius 3 is 1.95 bits per heavy atom. The van der Waals surface area contributed by atoms with Crippen molar-refractivity contribution >= 4 is 24.1 Å². The van der Waals surface area contributed by atoms with Crippen molar-refractivity contribution in [3.63, 3.8) is 0 Å². The van der Waals surface area contributed by atoms with E-state index in [2.05, 4.69) is 17.6 Å². The van der Waals surface area contributed by atoms with Gasteiger partial charge in [0.25, 0.3) is 0 Å². The minimum atomic E-state index is -1.08. The number of rotatable bonds is 23. The summed E-state index contributed by atoms with van der Waals surface area (Å²) in [6.07, 6.45) is 11.2. The Labute approximate surface area is 264 Å². The van der Waals surface area contributed by atoms with Crippen molar-refractivity contribution in [3.8, 4) is 0 Å². The van der Waals surface area contributed by atoms with Crippen LogP contribution in [0.4, 0.5) is 9.59 Å². The molecule has 0 aliphatic rings. The van der Waals surface area contributed by atoms with Crippen LogP contribution >= 0.6 is 0 Å². The van der Waals surface area contributed by atoms with Gasteiger partial charge in [0.05, 0.1) is 6.42 Å².